The molecular weight excluding hydrogens is 433 g/mol. The monoisotopic (exact) mass is 467 g/mol. The zero-order chi connectivity index (χ0) is 23.4. The van der Waals surface area contributed by atoms with E-state index in [0.29, 0.717) is 19.2 Å². The molecule has 32 heavy (non-hydrogen) atoms. The molecule has 170 valence electrons. The molecule has 0 saturated carbocycles. The van der Waals surface area contributed by atoms with Gasteiger partial charge < -0.3 is 4.74 Å². The van der Waals surface area contributed by atoms with Crippen molar-refractivity contribution < 1.29 is 9.13 Å². The van der Waals surface area contributed by atoms with Gasteiger partial charge in [-0.3, -0.25) is 9.56 Å². The SMILES string of the molecule is C[Si](C)(C)C#Cc1nc(C2=CC=NCC2)c(-c2ccc(F)cc2)n1COCC[Si](C)(C)C. The van der Waals surface area contributed by atoms with Gasteiger partial charge in [0, 0.05) is 33.0 Å². The van der Waals surface area contributed by atoms with E-state index in [1.807, 2.05) is 24.4 Å². The minimum atomic E-state index is -1.60. The van der Waals surface area contributed by atoms with E-state index in [-0.39, 0.29) is 5.82 Å². The number of benzene rings is 1. The fourth-order valence-electron chi connectivity index (χ4n) is 3.26. The molecule has 0 unspecified atom stereocenters. The van der Waals surface area contributed by atoms with Gasteiger partial charge in [-0.2, -0.15) is 0 Å². The summed E-state index contributed by atoms with van der Waals surface area (Å²) < 4.78 is 21.9. The Morgan fingerprint density at radius 2 is 1.81 bits per heavy atom. The number of halogens is 1. The van der Waals surface area contributed by atoms with Crippen molar-refractivity contribution in [1.29, 1.82) is 0 Å². The molecule has 1 aliphatic heterocycles. The average Bonchev–Trinajstić information content (AvgIpc) is 3.08. The number of rotatable bonds is 7. The van der Waals surface area contributed by atoms with Crippen LogP contribution in [0.1, 0.15) is 17.9 Å². The second-order valence-electron chi connectivity index (χ2n) is 10.4. The van der Waals surface area contributed by atoms with Gasteiger partial charge >= 0.3 is 0 Å². The van der Waals surface area contributed by atoms with E-state index < -0.39 is 16.1 Å². The van der Waals surface area contributed by atoms with E-state index in [1.165, 1.54) is 12.1 Å². The molecule has 0 radical (unpaired) electrons. The summed E-state index contributed by atoms with van der Waals surface area (Å²) in [4.78, 5) is 9.30. The molecule has 0 N–H and O–H groups in total. The van der Waals surface area contributed by atoms with Crippen molar-refractivity contribution in [3.05, 3.63) is 47.7 Å². The first-order valence-electron chi connectivity index (χ1n) is 11.2. The van der Waals surface area contributed by atoms with Crippen molar-refractivity contribution in [3.63, 3.8) is 0 Å². The normalized spacial score (nSPS) is 14.2. The van der Waals surface area contributed by atoms with E-state index in [1.54, 1.807) is 0 Å². The number of ether oxygens (including phenoxy) is 1. The molecule has 0 aliphatic carbocycles. The molecule has 1 aromatic heterocycles. The fourth-order valence-corrected chi connectivity index (χ4v) is 4.50. The maximum absolute atomic E-state index is 13.7. The third kappa shape index (κ3) is 6.86. The summed E-state index contributed by atoms with van der Waals surface area (Å²) in [7, 11) is -2.79. The predicted molar refractivity (Wildman–Crippen MR) is 138 cm³/mol. The van der Waals surface area contributed by atoms with Crippen LogP contribution in [0.15, 0.2) is 35.3 Å². The van der Waals surface area contributed by atoms with Gasteiger partial charge in [-0.15, -0.1) is 5.54 Å². The summed E-state index contributed by atoms with van der Waals surface area (Å²) in [5, 5.41) is 0. The molecule has 0 spiro atoms. The number of hydrogen-bond donors (Lipinski definition) is 0. The molecule has 0 saturated heterocycles. The largest absolute Gasteiger partial charge is 0.361 e. The number of hydrogen-bond acceptors (Lipinski definition) is 3. The van der Waals surface area contributed by atoms with Crippen LogP contribution in [-0.2, 0) is 11.5 Å². The van der Waals surface area contributed by atoms with E-state index in [9.17, 15) is 4.39 Å². The van der Waals surface area contributed by atoms with Crippen molar-refractivity contribution in [1.82, 2.24) is 9.55 Å². The van der Waals surface area contributed by atoms with Crippen molar-refractivity contribution in [3.8, 4) is 22.7 Å². The van der Waals surface area contributed by atoms with Gasteiger partial charge in [0.25, 0.3) is 0 Å². The number of aromatic nitrogens is 2. The lowest BCUT2D eigenvalue weighted by molar-refractivity contribution is 0.0876. The maximum atomic E-state index is 13.7. The zero-order valence-corrected chi connectivity index (χ0v) is 22.1. The van der Waals surface area contributed by atoms with Gasteiger partial charge in [-0.05, 0) is 54.3 Å². The lowest BCUT2D eigenvalue weighted by Crippen LogP contribution is -2.22. The first-order chi connectivity index (χ1) is 15.0. The molecule has 0 amide bonds. The Balaban J connectivity index is 2.10. The maximum Gasteiger partial charge on any atom is 0.187 e. The lowest BCUT2D eigenvalue weighted by atomic mass is 10.0. The highest BCUT2D eigenvalue weighted by Gasteiger charge is 2.22. The number of allylic oxidation sites excluding steroid dienone is 1. The topological polar surface area (TPSA) is 39.4 Å². The van der Waals surface area contributed by atoms with E-state index >= 15 is 0 Å². The first-order valence-corrected chi connectivity index (χ1v) is 18.4. The summed E-state index contributed by atoms with van der Waals surface area (Å²) >= 11 is 0. The quantitative estimate of drug-likeness (QED) is 0.281. The van der Waals surface area contributed by atoms with Crippen molar-refractivity contribution >= 4 is 27.9 Å². The van der Waals surface area contributed by atoms with Crippen LogP contribution >= 0.6 is 0 Å². The third-order valence-electron chi connectivity index (χ3n) is 5.05. The highest BCUT2D eigenvalue weighted by molar-refractivity contribution is 6.83. The molecular formula is C25H34FN3OSi2. The van der Waals surface area contributed by atoms with Crippen LogP contribution in [0.5, 0.6) is 0 Å². The Kier molecular flexibility index (Phi) is 7.70. The second kappa shape index (κ2) is 10.1. The molecule has 1 aliphatic rings. The number of imidazole rings is 1. The Morgan fingerprint density at radius 1 is 1.09 bits per heavy atom. The lowest BCUT2D eigenvalue weighted by Gasteiger charge is -2.17. The van der Waals surface area contributed by atoms with Gasteiger partial charge in [-0.25, -0.2) is 9.37 Å². The number of aliphatic imine (C=N–C) groups is 1. The number of dihydropyridines is 1. The predicted octanol–water partition coefficient (Wildman–Crippen LogP) is 6.09. The van der Waals surface area contributed by atoms with Gasteiger partial charge in [-0.1, -0.05) is 39.3 Å². The molecule has 0 bridgehead atoms. The summed E-state index contributed by atoms with van der Waals surface area (Å²) in [5.74, 6) is 3.80. The third-order valence-corrected chi connectivity index (χ3v) is 7.63. The molecule has 0 fully saturated rings. The summed E-state index contributed by atoms with van der Waals surface area (Å²) in [6.45, 7) is 15.5. The van der Waals surface area contributed by atoms with Gasteiger partial charge in [0.15, 0.2) is 5.82 Å². The molecule has 4 nitrogen and oxygen atoms in total. The Morgan fingerprint density at radius 3 is 2.41 bits per heavy atom. The average molecular weight is 468 g/mol. The minimum absolute atomic E-state index is 0.254. The molecule has 0 atom stereocenters. The molecule has 2 heterocycles. The summed E-state index contributed by atoms with van der Waals surface area (Å²) in [5.41, 5.74) is 7.29. The Labute approximate surface area is 193 Å². The molecule has 3 rings (SSSR count). The molecule has 1 aromatic carbocycles. The fraction of sp³-hybridized carbons (Fsp3) is 0.440. The van der Waals surface area contributed by atoms with Crippen LogP contribution in [-0.4, -0.2) is 45.1 Å². The summed E-state index contributed by atoms with van der Waals surface area (Å²) in [6.07, 6.45) is 4.67. The van der Waals surface area contributed by atoms with Crippen LogP contribution in [0.25, 0.3) is 16.8 Å². The van der Waals surface area contributed by atoms with E-state index in [0.717, 1.165) is 41.5 Å². The van der Waals surface area contributed by atoms with Gasteiger partial charge in [0.2, 0.25) is 0 Å². The molecule has 2 aromatic rings. The first kappa shape index (κ1) is 24.4. The van der Waals surface area contributed by atoms with E-state index in [4.69, 9.17) is 9.72 Å². The smallest absolute Gasteiger partial charge is 0.187 e. The molecule has 7 heteroatoms. The standard InChI is InChI=1S/C25H34FN3OSi2/c1-31(2,3)17-13-23-28-24(20-11-14-27-15-12-20)25(21-7-9-22(26)10-8-21)29(23)19-30-16-18-32(4,5)6/h7-11,14H,12,15-16,18-19H2,1-6H3. The van der Waals surface area contributed by atoms with E-state index in [2.05, 4.69) is 60.3 Å². The van der Waals surface area contributed by atoms with Crippen LogP contribution < -0.4 is 0 Å². The van der Waals surface area contributed by atoms with Crippen LogP contribution in [0.2, 0.25) is 45.3 Å². The highest BCUT2D eigenvalue weighted by atomic mass is 28.3. The zero-order valence-electron chi connectivity index (χ0n) is 20.1. The minimum Gasteiger partial charge on any atom is -0.361 e. The highest BCUT2D eigenvalue weighted by Crippen LogP contribution is 2.32. The summed E-state index contributed by atoms with van der Waals surface area (Å²) in [6, 6.07) is 7.69. The Hall–Kier alpha value is -2.28. The van der Waals surface area contributed by atoms with Crippen LogP contribution in [0.3, 0.4) is 0 Å². The van der Waals surface area contributed by atoms with Crippen molar-refractivity contribution in [2.45, 2.75) is 58.5 Å². The van der Waals surface area contributed by atoms with Crippen LogP contribution in [0.4, 0.5) is 4.39 Å². The van der Waals surface area contributed by atoms with Crippen molar-refractivity contribution in [2.75, 3.05) is 13.2 Å². The number of nitrogens with zero attached hydrogens (tertiary/aromatic N) is 3. The van der Waals surface area contributed by atoms with Crippen LogP contribution in [0, 0.1) is 17.3 Å². The van der Waals surface area contributed by atoms with Gasteiger partial charge in [0.1, 0.15) is 20.6 Å². The van der Waals surface area contributed by atoms with Crippen molar-refractivity contribution in [2.24, 2.45) is 4.99 Å². The second-order valence-corrected chi connectivity index (χ2v) is 20.8. The van der Waals surface area contributed by atoms with Gasteiger partial charge in [0.05, 0.1) is 11.4 Å². The Bertz CT molecular complexity index is 1060.